The predicted octanol–water partition coefficient (Wildman–Crippen LogP) is 3.75. The SMILES string of the molecule is COc1cc(C)c(/C=C2\SC(=O)N(CC(=O)N3CCCCCC3)C2=O)cc1C. The Balaban J connectivity index is 1.75. The van der Waals surface area contributed by atoms with Gasteiger partial charge < -0.3 is 9.64 Å². The summed E-state index contributed by atoms with van der Waals surface area (Å²) >= 11 is 0.890. The second-order valence-corrected chi connectivity index (χ2v) is 8.23. The van der Waals surface area contributed by atoms with Crippen molar-refractivity contribution in [3.8, 4) is 5.75 Å². The molecule has 0 saturated carbocycles. The Bertz CT molecular complexity index is 826. The maximum absolute atomic E-state index is 12.7. The van der Waals surface area contributed by atoms with E-state index >= 15 is 0 Å². The van der Waals surface area contributed by atoms with Crippen LogP contribution in [0.5, 0.6) is 5.75 Å². The Kier molecular flexibility index (Phi) is 6.44. The van der Waals surface area contributed by atoms with E-state index < -0.39 is 5.91 Å². The first kappa shape index (κ1) is 20.5. The standard InChI is InChI=1S/C21H26N2O4S/c1-14-11-17(27-3)15(2)10-16(14)12-18-20(25)23(21(26)28-18)13-19(24)22-8-6-4-5-7-9-22/h10-12H,4-9,13H2,1-3H3/b18-12-. The van der Waals surface area contributed by atoms with Crippen molar-refractivity contribution >= 4 is 34.9 Å². The summed E-state index contributed by atoms with van der Waals surface area (Å²) in [5.41, 5.74) is 2.77. The number of methoxy groups -OCH3 is 1. The molecule has 1 aromatic rings. The van der Waals surface area contributed by atoms with Gasteiger partial charge in [-0.3, -0.25) is 19.3 Å². The van der Waals surface area contributed by atoms with Gasteiger partial charge in [0.05, 0.1) is 12.0 Å². The van der Waals surface area contributed by atoms with Crippen molar-refractivity contribution in [2.75, 3.05) is 26.7 Å². The molecule has 0 atom stereocenters. The maximum Gasteiger partial charge on any atom is 0.294 e. The molecular formula is C21H26N2O4S. The van der Waals surface area contributed by atoms with Gasteiger partial charge >= 0.3 is 0 Å². The van der Waals surface area contributed by atoms with Crippen LogP contribution in [0.15, 0.2) is 17.0 Å². The lowest BCUT2D eigenvalue weighted by molar-refractivity contribution is -0.135. The third-order valence-electron chi connectivity index (χ3n) is 5.20. The van der Waals surface area contributed by atoms with Crippen molar-refractivity contribution in [2.24, 2.45) is 0 Å². The van der Waals surface area contributed by atoms with Gasteiger partial charge in [-0.2, -0.15) is 0 Å². The number of ether oxygens (including phenoxy) is 1. The number of carbonyl (C=O) groups is 3. The summed E-state index contributed by atoms with van der Waals surface area (Å²) in [6.45, 7) is 5.09. The van der Waals surface area contributed by atoms with Gasteiger partial charge in [-0.05, 0) is 73.4 Å². The van der Waals surface area contributed by atoms with Crippen LogP contribution in [-0.2, 0) is 9.59 Å². The summed E-state index contributed by atoms with van der Waals surface area (Å²) in [6, 6.07) is 3.85. The molecule has 1 aromatic carbocycles. The van der Waals surface area contributed by atoms with Crippen LogP contribution >= 0.6 is 11.8 Å². The van der Waals surface area contributed by atoms with Crippen LogP contribution in [0.25, 0.3) is 6.08 Å². The molecule has 2 saturated heterocycles. The van der Waals surface area contributed by atoms with E-state index in [1.807, 2.05) is 26.0 Å². The molecule has 150 valence electrons. The van der Waals surface area contributed by atoms with Crippen LogP contribution in [0.1, 0.15) is 42.4 Å². The Morgan fingerprint density at radius 2 is 1.79 bits per heavy atom. The lowest BCUT2D eigenvalue weighted by atomic mass is 10.0. The molecule has 0 radical (unpaired) electrons. The molecule has 0 bridgehead atoms. The van der Waals surface area contributed by atoms with E-state index in [2.05, 4.69) is 0 Å². The van der Waals surface area contributed by atoms with Crippen LogP contribution in [0.3, 0.4) is 0 Å². The number of hydrogen-bond donors (Lipinski definition) is 0. The molecule has 2 aliphatic rings. The molecule has 3 amide bonds. The lowest BCUT2D eigenvalue weighted by Crippen LogP contribution is -2.42. The van der Waals surface area contributed by atoms with Crippen LogP contribution in [0.2, 0.25) is 0 Å². The first-order chi connectivity index (χ1) is 13.4. The van der Waals surface area contributed by atoms with E-state index in [4.69, 9.17) is 4.74 Å². The molecule has 2 fully saturated rings. The van der Waals surface area contributed by atoms with Crippen LogP contribution in [-0.4, -0.2) is 53.6 Å². The molecular weight excluding hydrogens is 376 g/mol. The number of thioether (sulfide) groups is 1. The molecule has 0 aliphatic carbocycles. The molecule has 28 heavy (non-hydrogen) atoms. The third-order valence-corrected chi connectivity index (χ3v) is 6.10. The molecule has 7 heteroatoms. The lowest BCUT2D eigenvalue weighted by Gasteiger charge is -2.22. The van der Waals surface area contributed by atoms with Gasteiger partial charge in [-0.25, -0.2) is 0 Å². The highest BCUT2D eigenvalue weighted by atomic mass is 32.2. The molecule has 2 heterocycles. The number of benzene rings is 1. The molecule has 0 unspecified atom stereocenters. The number of imide groups is 1. The highest BCUT2D eigenvalue weighted by Crippen LogP contribution is 2.34. The predicted molar refractivity (Wildman–Crippen MR) is 110 cm³/mol. The molecule has 0 aromatic heterocycles. The van der Waals surface area contributed by atoms with E-state index in [-0.39, 0.29) is 17.7 Å². The molecule has 2 aliphatic heterocycles. The van der Waals surface area contributed by atoms with Gasteiger partial charge in [0.2, 0.25) is 5.91 Å². The Hall–Kier alpha value is -2.28. The Morgan fingerprint density at radius 3 is 2.43 bits per heavy atom. The fourth-order valence-corrected chi connectivity index (χ4v) is 4.35. The highest BCUT2D eigenvalue weighted by Gasteiger charge is 2.37. The summed E-state index contributed by atoms with van der Waals surface area (Å²) in [4.78, 5) is 40.9. The molecule has 0 N–H and O–H groups in total. The number of aryl methyl sites for hydroxylation is 2. The summed E-state index contributed by atoms with van der Waals surface area (Å²) in [7, 11) is 1.62. The van der Waals surface area contributed by atoms with Gasteiger partial charge in [0.25, 0.3) is 11.1 Å². The summed E-state index contributed by atoms with van der Waals surface area (Å²) in [6.07, 6.45) is 5.92. The van der Waals surface area contributed by atoms with Gasteiger partial charge in [-0.1, -0.05) is 12.8 Å². The molecule has 3 rings (SSSR count). The zero-order valence-corrected chi connectivity index (χ0v) is 17.4. The topological polar surface area (TPSA) is 66.9 Å². The van der Waals surface area contributed by atoms with Crippen LogP contribution in [0, 0.1) is 13.8 Å². The number of carbonyl (C=O) groups excluding carboxylic acids is 3. The van der Waals surface area contributed by atoms with Crippen molar-refractivity contribution in [3.63, 3.8) is 0 Å². The largest absolute Gasteiger partial charge is 0.496 e. The van der Waals surface area contributed by atoms with Crippen LogP contribution < -0.4 is 4.74 Å². The van der Waals surface area contributed by atoms with Crippen LogP contribution in [0.4, 0.5) is 4.79 Å². The number of rotatable bonds is 4. The normalized spacial score (nSPS) is 19.3. The van der Waals surface area contributed by atoms with Crippen molar-refractivity contribution in [1.29, 1.82) is 0 Å². The second-order valence-electron chi connectivity index (χ2n) is 7.24. The summed E-state index contributed by atoms with van der Waals surface area (Å²) < 4.78 is 5.32. The Labute approximate surface area is 169 Å². The monoisotopic (exact) mass is 402 g/mol. The number of likely N-dealkylation sites (tertiary alicyclic amines) is 1. The minimum Gasteiger partial charge on any atom is -0.496 e. The van der Waals surface area contributed by atoms with Gasteiger partial charge in [0, 0.05) is 13.1 Å². The first-order valence-electron chi connectivity index (χ1n) is 9.59. The number of amides is 3. The molecule has 0 spiro atoms. The zero-order chi connectivity index (χ0) is 20.3. The van der Waals surface area contributed by atoms with E-state index in [1.54, 1.807) is 18.1 Å². The highest BCUT2D eigenvalue weighted by molar-refractivity contribution is 8.18. The quantitative estimate of drug-likeness (QED) is 0.718. The van der Waals surface area contributed by atoms with Crippen molar-refractivity contribution in [2.45, 2.75) is 39.5 Å². The average Bonchev–Trinajstić information content (AvgIpc) is 2.88. The maximum atomic E-state index is 12.7. The van der Waals surface area contributed by atoms with Gasteiger partial charge in [0.1, 0.15) is 12.3 Å². The van der Waals surface area contributed by atoms with Gasteiger partial charge in [-0.15, -0.1) is 0 Å². The van der Waals surface area contributed by atoms with E-state index in [1.165, 1.54) is 0 Å². The fourth-order valence-electron chi connectivity index (χ4n) is 3.52. The van der Waals surface area contributed by atoms with E-state index in [9.17, 15) is 14.4 Å². The minimum atomic E-state index is -0.397. The van der Waals surface area contributed by atoms with E-state index in [0.717, 1.165) is 64.8 Å². The second kappa shape index (κ2) is 8.82. The van der Waals surface area contributed by atoms with Crippen molar-refractivity contribution in [1.82, 2.24) is 9.80 Å². The zero-order valence-electron chi connectivity index (χ0n) is 16.6. The first-order valence-corrected chi connectivity index (χ1v) is 10.4. The summed E-state index contributed by atoms with van der Waals surface area (Å²) in [5, 5.41) is -0.387. The average molecular weight is 403 g/mol. The van der Waals surface area contributed by atoms with Gasteiger partial charge in [0.15, 0.2) is 0 Å². The summed E-state index contributed by atoms with van der Waals surface area (Å²) in [5.74, 6) is 0.235. The smallest absolute Gasteiger partial charge is 0.294 e. The number of hydrogen-bond acceptors (Lipinski definition) is 5. The minimum absolute atomic E-state index is 0.151. The number of nitrogens with zero attached hydrogens (tertiary/aromatic N) is 2. The fraction of sp³-hybridized carbons (Fsp3) is 0.476. The Morgan fingerprint density at radius 1 is 1.11 bits per heavy atom. The molecule has 6 nitrogen and oxygen atoms in total. The van der Waals surface area contributed by atoms with E-state index in [0.29, 0.717) is 18.0 Å². The van der Waals surface area contributed by atoms with Crippen molar-refractivity contribution < 1.29 is 19.1 Å². The van der Waals surface area contributed by atoms with Crippen molar-refractivity contribution in [3.05, 3.63) is 33.7 Å². The third kappa shape index (κ3) is 4.41.